The number of amides is 1. The van der Waals surface area contributed by atoms with Crippen molar-refractivity contribution in [2.24, 2.45) is 0 Å². The van der Waals surface area contributed by atoms with E-state index in [9.17, 15) is 13.2 Å². The SMILES string of the molecule is COc1ccccc1NS(=O)(=O)c1cccc(C(=O)NCc2ccnc(N3CCOCC3)c2)c1. The lowest BCUT2D eigenvalue weighted by atomic mass is 10.2. The van der Waals surface area contributed by atoms with Crippen molar-refractivity contribution >= 4 is 27.4 Å². The maximum atomic E-state index is 12.9. The molecule has 0 bridgehead atoms. The van der Waals surface area contributed by atoms with Gasteiger partial charge in [0.2, 0.25) is 0 Å². The van der Waals surface area contributed by atoms with E-state index in [1.165, 1.54) is 25.3 Å². The number of morpholine rings is 1. The Morgan fingerprint density at radius 1 is 1.09 bits per heavy atom. The zero-order valence-electron chi connectivity index (χ0n) is 18.7. The second kappa shape index (κ2) is 10.5. The van der Waals surface area contributed by atoms with Gasteiger partial charge in [-0.2, -0.15) is 0 Å². The molecule has 9 nitrogen and oxygen atoms in total. The maximum absolute atomic E-state index is 12.9. The van der Waals surface area contributed by atoms with E-state index in [-0.39, 0.29) is 22.9 Å². The van der Waals surface area contributed by atoms with Crippen LogP contribution in [0.25, 0.3) is 0 Å². The normalized spacial score (nSPS) is 13.9. The van der Waals surface area contributed by atoms with Gasteiger partial charge in [-0.1, -0.05) is 18.2 Å². The molecule has 1 amide bonds. The van der Waals surface area contributed by atoms with Crippen LogP contribution in [0, 0.1) is 0 Å². The zero-order chi connectivity index (χ0) is 24.0. The van der Waals surface area contributed by atoms with Crippen molar-refractivity contribution in [2.75, 3.05) is 43.0 Å². The fourth-order valence-corrected chi connectivity index (χ4v) is 4.67. The van der Waals surface area contributed by atoms with Gasteiger partial charge in [-0.05, 0) is 48.0 Å². The highest BCUT2D eigenvalue weighted by atomic mass is 32.2. The monoisotopic (exact) mass is 482 g/mol. The third kappa shape index (κ3) is 5.64. The van der Waals surface area contributed by atoms with Gasteiger partial charge >= 0.3 is 0 Å². The first kappa shape index (κ1) is 23.5. The van der Waals surface area contributed by atoms with Crippen molar-refractivity contribution < 1.29 is 22.7 Å². The van der Waals surface area contributed by atoms with E-state index in [0.29, 0.717) is 24.7 Å². The number of anilines is 2. The first-order chi connectivity index (χ1) is 16.5. The van der Waals surface area contributed by atoms with Crippen molar-refractivity contribution in [3.63, 3.8) is 0 Å². The Labute approximate surface area is 198 Å². The molecule has 2 heterocycles. The average Bonchev–Trinajstić information content (AvgIpc) is 2.88. The van der Waals surface area contributed by atoms with Crippen molar-refractivity contribution in [3.05, 3.63) is 78.0 Å². The van der Waals surface area contributed by atoms with Crippen molar-refractivity contribution in [2.45, 2.75) is 11.4 Å². The molecule has 0 radical (unpaired) electrons. The van der Waals surface area contributed by atoms with E-state index in [1.807, 2.05) is 12.1 Å². The fraction of sp³-hybridized carbons (Fsp3) is 0.250. The summed E-state index contributed by atoms with van der Waals surface area (Å²) in [4.78, 5) is 19.3. The number of nitrogens with one attached hydrogen (secondary N) is 2. The molecule has 1 aliphatic heterocycles. The predicted octanol–water partition coefficient (Wildman–Crippen LogP) is 2.66. The molecule has 0 unspecified atom stereocenters. The third-order valence-electron chi connectivity index (χ3n) is 5.36. The van der Waals surface area contributed by atoms with Gasteiger partial charge in [-0.25, -0.2) is 13.4 Å². The molecule has 1 aromatic heterocycles. The Morgan fingerprint density at radius 3 is 2.68 bits per heavy atom. The van der Waals surface area contributed by atoms with Gasteiger partial charge in [0, 0.05) is 31.4 Å². The van der Waals surface area contributed by atoms with E-state index in [4.69, 9.17) is 9.47 Å². The van der Waals surface area contributed by atoms with Crippen LogP contribution in [0.5, 0.6) is 5.75 Å². The molecule has 10 heteroatoms. The summed E-state index contributed by atoms with van der Waals surface area (Å²) in [5.74, 6) is 0.860. The molecule has 178 valence electrons. The van der Waals surface area contributed by atoms with Gasteiger partial charge < -0.3 is 19.7 Å². The number of ether oxygens (including phenoxy) is 2. The highest BCUT2D eigenvalue weighted by molar-refractivity contribution is 7.92. The smallest absolute Gasteiger partial charge is 0.262 e. The quantitative estimate of drug-likeness (QED) is 0.508. The molecule has 0 atom stereocenters. The highest BCUT2D eigenvalue weighted by Gasteiger charge is 2.18. The summed E-state index contributed by atoms with van der Waals surface area (Å²) in [7, 11) is -2.46. The number of aromatic nitrogens is 1. The maximum Gasteiger partial charge on any atom is 0.262 e. The third-order valence-corrected chi connectivity index (χ3v) is 6.72. The first-order valence-corrected chi connectivity index (χ1v) is 12.3. The van der Waals surface area contributed by atoms with E-state index in [0.717, 1.165) is 24.5 Å². The highest BCUT2D eigenvalue weighted by Crippen LogP contribution is 2.26. The molecule has 1 saturated heterocycles. The van der Waals surface area contributed by atoms with Gasteiger partial charge in [-0.3, -0.25) is 9.52 Å². The number of rotatable bonds is 8. The number of benzene rings is 2. The molecular formula is C24H26N4O5S. The van der Waals surface area contributed by atoms with E-state index in [2.05, 4.69) is 19.9 Å². The Bertz CT molecular complexity index is 1260. The molecule has 0 aliphatic carbocycles. The second-order valence-corrected chi connectivity index (χ2v) is 9.32. The Morgan fingerprint density at radius 2 is 1.88 bits per heavy atom. The zero-order valence-corrected chi connectivity index (χ0v) is 19.5. The van der Waals surface area contributed by atoms with Crippen LogP contribution in [0.2, 0.25) is 0 Å². The summed E-state index contributed by atoms with van der Waals surface area (Å²) in [6, 6.07) is 16.4. The summed E-state index contributed by atoms with van der Waals surface area (Å²) in [5, 5.41) is 2.85. The lowest BCUT2D eigenvalue weighted by Crippen LogP contribution is -2.36. The lowest BCUT2D eigenvalue weighted by molar-refractivity contribution is 0.0950. The first-order valence-electron chi connectivity index (χ1n) is 10.8. The van der Waals surface area contributed by atoms with Crippen LogP contribution in [0.1, 0.15) is 15.9 Å². The average molecular weight is 483 g/mol. The summed E-state index contributed by atoms with van der Waals surface area (Å²) in [6.45, 7) is 3.15. The predicted molar refractivity (Wildman–Crippen MR) is 129 cm³/mol. The summed E-state index contributed by atoms with van der Waals surface area (Å²) >= 11 is 0. The van der Waals surface area contributed by atoms with Gasteiger partial charge in [0.25, 0.3) is 15.9 Å². The number of carbonyl (C=O) groups is 1. The largest absolute Gasteiger partial charge is 0.495 e. The number of para-hydroxylation sites is 2. The molecule has 0 saturated carbocycles. The number of hydrogen-bond donors (Lipinski definition) is 2. The van der Waals surface area contributed by atoms with Crippen LogP contribution >= 0.6 is 0 Å². The Kier molecular flexibility index (Phi) is 7.29. The van der Waals surface area contributed by atoms with Crippen LogP contribution < -0.4 is 19.7 Å². The summed E-state index contributed by atoms with van der Waals surface area (Å²) in [6.07, 6.45) is 1.71. The van der Waals surface area contributed by atoms with Gasteiger partial charge in [0.15, 0.2) is 0 Å². The number of hydrogen-bond acceptors (Lipinski definition) is 7. The number of pyridine rings is 1. The van der Waals surface area contributed by atoms with E-state index >= 15 is 0 Å². The Balaban J connectivity index is 1.44. The number of methoxy groups -OCH3 is 1. The van der Waals surface area contributed by atoms with Crippen LogP contribution in [0.4, 0.5) is 11.5 Å². The molecule has 0 spiro atoms. The molecule has 1 aliphatic rings. The number of sulfonamides is 1. The fourth-order valence-electron chi connectivity index (χ4n) is 3.56. The van der Waals surface area contributed by atoms with Crippen LogP contribution in [-0.4, -0.2) is 52.7 Å². The van der Waals surface area contributed by atoms with Crippen molar-refractivity contribution in [3.8, 4) is 5.75 Å². The molecule has 3 aromatic rings. The molecule has 4 rings (SSSR count). The van der Waals surface area contributed by atoms with Crippen LogP contribution in [0.3, 0.4) is 0 Å². The summed E-state index contributed by atoms with van der Waals surface area (Å²) < 4.78 is 38.9. The second-order valence-electron chi connectivity index (χ2n) is 7.64. The van der Waals surface area contributed by atoms with E-state index in [1.54, 1.807) is 36.5 Å². The minimum atomic E-state index is -3.92. The van der Waals surface area contributed by atoms with Gasteiger partial charge in [-0.15, -0.1) is 0 Å². The van der Waals surface area contributed by atoms with Crippen LogP contribution in [-0.2, 0) is 21.3 Å². The van der Waals surface area contributed by atoms with Gasteiger partial charge in [0.1, 0.15) is 11.6 Å². The molecule has 1 fully saturated rings. The summed E-state index contributed by atoms with van der Waals surface area (Å²) in [5.41, 5.74) is 1.45. The Hall–Kier alpha value is -3.63. The van der Waals surface area contributed by atoms with Crippen molar-refractivity contribution in [1.82, 2.24) is 10.3 Å². The van der Waals surface area contributed by atoms with E-state index < -0.39 is 10.0 Å². The molecule has 2 N–H and O–H groups in total. The minimum absolute atomic E-state index is 0.0235. The van der Waals surface area contributed by atoms with Crippen LogP contribution in [0.15, 0.2) is 71.8 Å². The number of nitrogens with zero attached hydrogens (tertiary/aromatic N) is 2. The molecular weight excluding hydrogens is 456 g/mol. The standard InChI is InChI=1S/C24H26N4O5S/c1-32-22-8-3-2-7-21(22)27-34(30,31)20-6-4-5-19(16-20)24(29)26-17-18-9-10-25-23(15-18)28-11-13-33-14-12-28/h2-10,15-16,27H,11-14,17H2,1H3,(H,26,29). The van der Waals surface area contributed by atoms with Gasteiger partial charge in [0.05, 0.1) is 30.9 Å². The lowest BCUT2D eigenvalue weighted by Gasteiger charge is -2.28. The topological polar surface area (TPSA) is 110 Å². The molecule has 2 aromatic carbocycles. The van der Waals surface area contributed by atoms with Crippen molar-refractivity contribution in [1.29, 1.82) is 0 Å². The minimum Gasteiger partial charge on any atom is -0.495 e. The number of carbonyl (C=O) groups excluding carboxylic acids is 1. The molecule has 34 heavy (non-hydrogen) atoms.